The van der Waals surface area contributed by atoms with Gasteiger partial charge in [0.25, 0.3) is 5.91 Å². The summed E-state index contributed by atoms with van der Waals surface area (Å²) >= 11 is 6.11. The molecule has 0 unspecified atom stereocenters. The summed E-state index contributed by atoms with van der Waals surface area (Å²) in [5, 5.41) is 28.6. The zero-order valence-corrected chi connectivity index (χ0v) is 23.3. The summed E-state index contributed by atoms with van der Waals surface area (Å²) in [6.07, 6.45) is 2.86. The topological polar surface area (TPSA) is 224 Å². The maximum Gasteiger partial charge on any atom is 0.321 e. The van der Waals surface area contributed by atoms with Gasteiger partial charge in [-0.15, -0.1) is 0 Å². The predicted octanol–water partition coefficient (Wildman–Crippen LogP) is 4.54. The Balaban J connectivity index is 0.00000178. The molecule has 206 valence electrons. The first-order chi connectivity index (χ1) is 17.3. The third kappa shape index (κ3) is 5.89. The van der Waals surface area contributed by atoms with E-state index in [1.165, 1.54) is 0 Å². The molecule has 1 aliphatic rings. The second-order valence-corrected chi connectivity index (χ2v) is 8.85. The molecule has 2 heterocycles. The number of amides is 1. The van der Waals surface area contributed by atoms with Gasteiger partial charge in [0.15, 0.2) is 5.41 Å². The standard InChI is InChI=1S/C25H18ClN5O5.2H3N.Pt/c26-14-2-1-3-15(9-14)28-21-18-6-7-27-12-19(18)17-5-4-13(8-20(17)29-21)22(32)31-30-16-10-25(11-16,23(33)34)24(35)36;;;/h1-9,12H,10-11H2,(H,28,29)(H,31,32)(H,33,34)(H,35,36);2*1H3;. The van der Waals surface area contributed by atoms with E-state index in [0.717, 1.165) is 21.8 Å². The summed E-state index contributed by atoms with van der Waals surface area (Å²) in [5.74, 6) is -2.83. The molecule has 12 nitrogen and oxygen atoms in total. The number of carbonyl (C=O) groups excluding carboxylic acids is 1. The maximum absolute atomic E-state index is 12.7. The van der Waals surface area contributed by atoms with E-state index in [1.807, 2.05) is 18.2 Å². The average molecular weight is 733 g/mol. The van der Waals surface area contributed by atoms with Crippen molar-refractivity contribution in [3.05, 3.63) is 71.5 Å². The molecule has 0 bridgehead atoms. The number of nitrogens with one attached hydrogen (secondary N) is 2. The van der Waals surface area contributed by atoms with Crippen molar-refractivity contribution in [1.82, 2.24) is 27.7 Å². The van der Waals surface area contributed by atoms with Crippen molar-refractivity contribution in [2.75, 3.05) is 5.32 Å². The van der Waals surface area contributed by atoms with E-state index in [2.05, 4.69) is 20.8 Å². The number of hydrogen-bond donors (Lipinski definition) is 6. The molecule has 0 aliphatic heterocycles. The van der Waals surface area contributed by atoms with Crippen LogP contribution in [0.25, 0.3) is 21.7 Å². The number of halogens is 1. The zero-order chi connectivity index (χ0) is 25.4. The van der Waals surface area contributed by atoms with Crippen LogP contribution in [0.15, 0.2) is 66.0 Å². The van der Waals surface area contributed by atoms with Gasteiger partial charge >= 0.3 is 11.9 Å². The monoisotopic (exact) mass is 732 g/mol. The van der Waals surface area contributed by atoms with Crippen LogP contribution < -0.4 is 23.0 Å². The second-order valence-electron chi connectivity index (χ2n) is 8.41. The quantitative estimate of drug-likeness (QED) is 0.0922. The molecule has 1 amide bonds. The maximum atomic E-state index is 12.7. The molecule has 10 N–H and O–H groups in total. The molecule has 1 aliphatic carbocycles. The Hall–Kier alpha value is -3.96. The Morgan fingerprint density at radius 3 is 2.33 bits per heavy atom. The van der Waals surface area contributed by atoms with Crippen LogP contribution in [-0.2, 0) is 30.7 Å². The number of rotatable bonds is 6. The predicted molar refractivity (Wildman–Crippen MR) is 144 cm³/mol. The molecule has 0 saturated heterocycles. The molecule has 1 saturated carbocycles. The number of pyridine rings is 2. The zero-order valence-electron chi connectivity index (χ0n) is 20.3. The van der Waals surface area contributed by atoms with E-state index in [1.54, 1.807) is 42.7 Å². The Bertz CT molecular complexity index is 1590. The van der Waals surface area contributed by atoms with Crippen molar-refractivity contribution in [3.8, 4) is 0 Å². The van der Waals surface area contributed by atoms with Crippen molar-refractivity contribution in [2.24, 2.45) is 10.5 Å². The van der Waals surface area contributed by atoms with Gasteiger partial charge in [-0.25, -0.2) is 10.4 Å². The van der Waals surface area contributed by atoms with Gasteiger partial charge in [-0.3, -0.25) is 19.4 Å². The first-order valence-electron chi connectivity index (χ1n) is 10.8. The summed E-state index contributed by atoms with van der Waals surface area (Å²) < 4.78 is 0. The molecule has 1 fully saturated rings. The van der Waals surface area contributed by atoms with Gasteiger partial charge in [0, 0.05) is 84.4 Å². The van der Waals surface area contributed by atoms with Gasteiger partial charge in [-0.1, -0.05) is 23.7 Å². The van der Waals surface area contributed by atoms with E-state index < -0.39 is 23.3 Å². The number of fused-ring (bicyclic) bond motifs is 3. The van der Waals surface area contributed by atoms with E-state index in [9.17, 15) is 24.6 Å². The van der Waals surface area contributed by atoms with E-state index in [4.69, 9.17) is 16.6 Å². The Kier molecular flexibility index (Phi) is 9.83. The van der Waals surface area contributed by atoms with Gasteiger partial charge < -0.3 is 27.8 Å². The molecule has 0 radical (unpaired) electrons. The SMILES string of the molecule is N.N.O=C(NN=C1CC(C(=O)O)(C(=O)O)C1)c1ccc2c(c1)nc(Nc1cccc(Cl)c1)c1ccncc12.[Pt]. The Morgan fingerprint density at radius 2 is 1.67 bits per heavy atom. The fraction of sp³-hybridized carbons (Fsp3) is 0.120. The summed E-state index contributed by atoms with van der Waals surface area (Å²) in [6.45, 7) is 0. The van der Waals surface area contributed by atoms with Crippen LogP contribution in [0.1, 0.15) is 23.2 Å². The van der Waals surface area contributed by atoms with Crippen LogP contribution in [0.5, 0.6) is 0 Å². The van der Waals surface area contributed by atoms with E-state index in [-0.39, 0.29) is 57.5 Å². The van der Waals surface area contributed by atoms with Gasteiger partial charge in [0.05, 0.1) is 5.52 Å². The molecule has 0 atom stereocenters. The van der Waals surface area contributed by atoms with Crippen molar-refractivity contribution in [1.29, 1.82) is 0 Å². The van der Waals surface area contributed by atoms with Crippen molar-refractivity contribution >= 4 is 68.3 Å². The number of carbonyl (C=O) groups is 3. The first-order valence-corrected chi connectivity index (χ1v) is 11.2. The van der Waals surface area contributed by atoms with Gasteiger partial charge in [0.1, 0.15) is 5.82 Å². The van der Waals surface area contributed by atoms with E-state index in [0.29, 0.717) is 16.4 Å². The van der Waals surface area contributed by atoms with Crippen LogP contribution in [0, 0.1) is 5.41 Å². The number of carboxylic acids is 2. The molecule has 2 aromatic carbocycles. The first kappa shape index (κ1) is 31.3. The molecule has 14 heteroatoms. The molecule has 5 rings (SSSR count). The van der Waals surface area contributed by atoms with Crippen LogP contribution in [0.4, 0.5) is 11.5 Å². The molecular weight excluding hydrogens is 709 g/mol. The van der Waals surface area contributed by atoms with Crippen LogP contribution >= 0.6 is 11.6 Å². The van der Waals surface area contributed by atoms with Gasteiger partial charge in [-0.2, -0.15) is 5.10 Å². The van der Waals surface area contributed by atoms with Crippen LogP contribution in [0.3, 0.4) is 0 Å². The molecular formula is C25H24ClN7O5Pt. The summed E-state index contributed by atoms with van der Waals surface area (Å²) in [6, 6.07) is 14.1. The largest absolute Gasteiger partial charge is 0.480 e. The minimum atomic E-state index is -1.89. The van der Waals surface area contributed by atoms with Crippen molar-refractivity contribution < 1.29 is 45.7 Å². The fourth-order valence-corrected chi connectivity index (χ4v) is 4.29. The van der Waals surface area contributed by atoms with Crippen LogP contribution in [-0.4, -0.2) is 43.7 Å². The summed E-state index contributed by atoms with van der Waals surface area (Å²) in [4.78, 5) is 44.2. The summed E-state index contributed by atoms with van der Waals surface area (Å²) in [5.41, 5.74) is 2.33. The smallest absolute Gasteiger partial charge is 0.321 e. The molecule has 4 aromatic rings. The number of benzene rings is 2. The van der Waals surface area contributed by atoms with Crippen LogP contribution in [0.2, 0.25) is 5.02 Å². The number of anilines is 2. The minimum absolute atomic E-state index is 0. The minimum Gasteiger partial charge on any atom is -0.480 e. The van der Waals surface area contributed by atoms with Crippen molar-refractivity contribution in [3.63, 3.8) is 0 Å². The molecule has 0 spiro atoms. The number of carboxylic acid groups (broad SMARTS) is 2. The number of hydrazone groups is 1. The second kappa shape index (κ2) is 12.3. The Morgan fingerprint density at radius 1 is 0.949 bits per heavy atom. The van der Waals surface area contributed by atoms with Crippen molar-refractivity contribution in [2.45, 2.75) is 12.8 Å². The molecule has 39 heavy (non-hydrogen) atoms. The number of hydrogen-bond acceptors (Lipinski definition) is 9. The van der Waals surface area contributed by atoms with Gasteiger partial charge in [0.2, 0.25) is 0 Å². The third-order valence-corrected chi connectivity index (χ3v) is 6.33. The van der Waals surface area contributed by atoms with Gasteiger partial charge in [-0.05, 0) is 36.4 Å². The normalized spacial score (nSPS) is 13.1. The number of nitrogens with zero attached hydrogens (tertiary/aromatic N) is 3. The molecule has 2 aromatic heterocycles. The van der Waals surface area contributed by atoms with E-state index >= 15 is 0 Å². The fourth-order valence-electron chi connectivity index (χ4n) is 4.10. The number of aliphatic carboxylic acids is 2. The third-order valence-electron chi connectivity index (χ3n) is 6.09. The Labute approximate surface area is 241 Å². The average Bonchev–Trinajstić information content (AvgIpc) is 2.82. The number of aromatic nitrogens is 2. The summed E-state index contributed by atoms with van der Waals surface area (Å²) in [7, 11) is 0.